The van der Waals surface area contributed by atoms with Gasteiger partial charge in [-0.15, -0.1) is 0 Å². The molecule has 0 aliphatic carbocycles. The molecule has 1 N–H and O–H groups in total. The lowest BCUT2D eigenvalue weighted by molar-refractivity contribution is -0.152. The van der Waals surface area contributed by atoms with Gasteiger partial charge in [-0.1, -0.05) is 27.7 Å². The van der Waals surface area contributed by atoms with Gasteiger partial charge < -0.3 is 10.1 Å². The summed E-state index contributed by atoms with van der Waals surface area (Å²) in [4.78, 5) is 47.9. The highest BCUT2D eigenvalue weighted by molar-refractivity contribution is 6.08. The van der Waals surface area contributed by atoms with Crippen molar-refractivity contribution in [3.05, 3.63) is 0 Å². The minimum absolute atomic E-state index is 0.230. The molecule has 1 unspecified atom stereocenters. The second kappa shape index (κ2) is 5.83. The zero-order chi connectivity index (χ0) is 16.4. The van der Waals surface area contributed by atoms with Gasteiger partial charge in [-0.05, 0) is 13.3 Å². The minimum atomic E-state index is -0.988. The SMILES string of the molecule is CCC1(C)NC(=O)N(CC(=O)OCC(=O)C(C)(C)C)C1=O. The van der Waals surface area contributed by atoms with Gasteiger partial charge >= 0.3 is 12.0 Å². The van der Waals surface area contributed by atoms with Crippen molar-refractivity contribution in [1.82, 2.24) is 10.2 Å². The molecular weight excluding hydrogens is 276 g/mol. The molecule has 0 radical (unpaired) electrons. The predicted octanol–water partition coefficient (Wildman–Crippen LogP) is 0.865. The Kier molecular flexibility index (Phi) is 4.76. The average molecular weight is 298 g/mol. The second-order valence-electron chi connectivity index (χ2n) is 6.34. The van der Waals surface area contributed by atoms with Crippen LogP contribution in [0.5, 0.6) is 0 Å². The number of ether oxygens (including phenoxy) is 1. The van der Waals surface area contributed by atoms with Crippen LogP contribution < -0.4 is 5.32 Å². The van der Waals surface area contributed by atoms with Crippen LogP contribution in [0.2, 0.25) is 0 Å². The molecule has 0 aromatic carbocycles. The zero-order valence-electron chi connectivity index (χ0n) is 13.1. The largest absolute Gasteiger partial charge is 0.456 e. The molecule has 0 aromatic heterocycles. The van der Waals surface area contributed by atoms with Crippen molar-refractivity contribution >= 4 is 23.7 Å². The Labute approximate surface area is 124 Å². The van der Waals surface area contributed by atoms with Gasteiger partial charge in [0.15, 0.2) is 12.4 Å². The molecule has 1 aliphatic rings. The maximum absolute atomic E-state index is 12.1. The Bertz CT molecular complexity index is 480. The highest BCUT2D eigenvalue weighted by atomic mass is 16.5. The molecule has 0 bridgehead atoms. The molecule has 0 saturated carbocycles. The van der Waals surface area contributed by atoms with Crippen molar-refractivity contribution in [2.24, 2.45) is 5.41 Å². The van der Waals surface area contributed by atoms with Gasteiger partial charge in [-0.25, -0.2) is 4.79 Å². The smallest absolute Gasteiger partial charge is 0.326 e. The lowest BCUT2D eigenvalue weighted by Crippen LogP contribution is -2.43. The topological polar surface area (TPSA) is 92.8 Å². The third-order valence-electron chi connectivity index (χ3n) is 3.54. The molecule has 1 heterocycles. The fraction of sp³-hybridized carbons (Fsp3) is 0.714. The van der Waals surface area contributed by atoms with Gasteiger partial charge in [0.1, 0.15) is 12.1 Å². The first-order valence-corrected chi connectivity index (χ1v) is 6.84. The highest BCUT2D eigenvalue weighted by Gasteiger charge is 2.47. The average Bonchev–Trinajstić information content (AvgIpc) is 2.59. The number of rotatable bonds is 5. The van der Waals surface area contributed by atoms with E-state index < -0.39 is 35.4 Å². The van der Waals surface area contributed by atoms with Crippen LogP contribution in [0.3, 0.4) is 0 Å². The third-order valence-corrected chi connectivity index (χ3v) is 3.54. The first kappa shape index (κ1) is 17.1. The Hall–Kier alpha value is -1.92. The van der Waals surface area contributed by atoms with Crippen LogP contribution in [0.4, 0.5) is 4.79 Å². The van der Waals surface area contributed by atoms with Crippen molar-refractivity contribution in [3.63, 3.8) is 0 Å². The number of esters is 1. The molecule has 21 heavy (non-hydrogen) atoms. The van der Waals surface area contributed by atoms with E-state index in [2.05, 4.69) is 5.32 Å². The summed E-state index contributed by atoms with van der Waals surface area (Å²) in [7, 11) is 0. The van der Waals surface area contributed by atoms with Crippen molar-refractivity contribution in [3.8, 4) is 0 Å². The first-order chi connectivity index (χ1) is 9.51. The summed E-state index contributed by atoms with van der Waals surface area (Å²) in [5, 5.41) is 2.54. The quantitative estimate of drug-likeness (QED) is 0.600. The monoisotopic (exact) mass is 298 g/mol. The van der Waals surface area contributed by atoms with Gasteiger partial charge in [0, 0.05) is 5.41 Å². The number of ketones is 1. The van der Waals surface area contributed by atoms with Gasteiger partial charge in [0.2, 0.25) is 0 Å². The van der Waals surface area contributed by atoms with E-state index in [0.29, 0.717) is 6.42 Å². The summed E-state index contributed by atoms with van der Waals surface area (Å²) in [5.41, 5.74) is -1.60. The van der Waals surface area contributed by atoms with Gasteiger partial charge in [-0.2, -0.15) is 0 Å². The summed E-state index contributed by atoms with van der Waals surface area (Å²) in [6.45, 7) is 7.66. The van der Waals surface area contributed by atoms with E-state index in [1.807, 2.05) is 0 Å². The van der Waals surface area contributed by atoms with Crippen molar-refractivity contribution < 1.29 is 23.9 Å². The number of carbonyl (C=O) groups excluding carboxylic acids is 4. The molecule has 7 nitrogen and oxygen atoms in total. The summed E-state index contributed by atoms with van der Waals surface area (Å²) < 4.78 is 4.83. The fourth-order valence-electron chi connectivity index (χ4n) is 1.67. The highest BCUT2D eigenvalue weighted by Crippen LogP contribution is 2.20. The molecule has 0 spiro atoms. The number of Topliss-reactive ketones (excluding diaryl/α,β-unsaturated/α-hetero) is 1. The molecular formula is C14H22N2O5. The number of amides is 3. The first-order valence-electron chi connectivity index (χ1n) is 6.84. The number of nitrogens with zero attached hydrogens (tertiary/aromatic N) is 1. The lowest BCUT2D eigenvalue weighted by atomic mass is 9.91. The molecule has 1 fully saturated rings. The zero-order valence-corrected chi connectivity index (χ0v) is 13.1. The van der Waals surface area contributed by atoms with E-state index in [1.165, 1.54) is 0 Å². The van der Waals surface area contributed by atoms with E-state index in [0.717, 1.165) is 4.90 Å². The van der Waals surface area contributed by atoms with Crippen LogP contribution >= 0.6 is 0 Å². The van der Waals surface area contributed by atoms with Crippen LogP contribution in [0.15, 0.2) is 0 Å². The molecule has 1 rings (SSSR count). The Balaban J connectivity index is 2.58. The fourth-order valence-corrected chi connectivity index (χ4v) is 1.67. The van der Waals surface area contributed by atoms with Gasteiger partial charge in [0.25, 0.3) is 5.91 Å². The van der Waals surface area contributed by atoms with E-state index in [9.17, 15) is 19.2 Å². The third kappa shape index (κ3) is 3.80. The van der Waals surface area contributed by atoms with E-state index in [4.69, 9.17) is 4.74 Å². The van der Waals surface area contributed by atoms with Crippen molar-refractivity contribution in [1.29, 1.82) is 0 Å². The van der Waals surface area contributed by atoms with E-state index >= 15 is 0 Å². The number of hydrogen-bond donors (Lipinski definition) is 1. The van der Waals surface area contributed by atoms with E-state index in [1.54, 1.807) is 34.6 Å². The van der Waals surface area contributed by atoms with E-state index in [-0.39, 0.29) is 12.4 Å². The number of carbonyl (C=O) groups is 4. The van der Waals surface area contributed by atoms with Crippen LogP contribution in [0.1, 0.15) is 41.0 Å². The Morgan fingerprint density at radius 2 is 1.86 bits per heavy atom. The van der Waals surface area contributed by atoms with Crippen molar-refractivity contribution in [2.75, 3.05) is 13.2 Å². The normalized spacial score (nSPS) is 22.2. The summed E-state index contributed by atoms with van der Waals surface area (Å²) in [6.07, 6.45) is 0.422. The standard InChI is InChI=1S/C14H22N2O5/c1-6-14(5)11(19)16(12(20)15-14)7-10(18)21-8-9(17)13(2,3)4/h6-8H2,1-5H3,(H,15,20). The lowest BCUT2D eigenvalue weighted by Gasteiger charge is -2.19. The van der Waals surface area contributed by atoms with Crippen LogP contribution in [0.25, 0.3) is 0 Å². The number of imide groups is 1. The van der Waals surface area contributed by atoms with Gasteiger partial charge in [0.05, 0.1) is 0 Å². The summed E-state index contributed by atoms with van der Waals surface area (Å²) in [5.74, 6) is -1.48. The molecule has 0 aromatic rings. The van der Waals surface area contributed by atoms with Crippen LogP contribution in [0, 0.1) is 5.41 Å². The Morgan fingerprint density at radius 3 is 2.29 bits per heavy atom. The second-order valence-corrected chi connectivity index (χ2v) is 6.34. The molecule has 3 amide bonds. The summed E-state index contributed by atoms with van der Waals surface area (Å²) >= 11 is 0. The molecule has 1 aliphatic heterocycles. The molecule has 1 atom stereocenters. The predicted molar refractivity (Wildman–Crippen MR) is 74.4 cm³/mol. The number of urea groups is 1. The molecule has 118 valence electrons. The maximum atomic E-state index is 12.1. The molecule has 7 heteroatoms. The number of hydrogen-bond acceptors (Lipinski definition) is 5. The minimum Gasteiger partial charge on any atom is -0.456 e. The Morgan fingerprint density at radius 1 is 1.29 bits per heavy atom. The molecule has 1 saturated heterocycles. The van der Waals surface area contributed by atoms with Crippen LogP contribution in [-0.2, 0) is 19.1 Å². The van der Waals surface area contributed by atoms with Crippen molar-refractivity contribution in [2.45, 2.75) is 46.6 Å². The summed E-state index contributed by atoms with van der Waals surface area (Å²) in [6, 6.07) is -0.622. The van der Waals surface area contributed by atoms with Crippen LogP contribution in [-0.4, -0.2) is 47.3 Å². The van der Waals surface area contributed by atoms with Gasteiger partial charge in [-0.3, -0.25) is 19.3 Å². The number of nitrogens with one attached hydrogen (secondary N) is 1. The maximum Gasteiger partial charge on any atom is 0.326 e.